The van der Waals surface area contributed by atoms with E-state index in [1.165, 1.54) is 0 Å². The van der Waals surface area contributed by atoms with Crippen molar-refractivity contribution >= 4 is 28.6 Å². The van der Waals surface area contributed by atoms with Crippen molar-refractivity contribution < 1.29 is 19.4 Å². The minimum Gasteiger partial charge on any atom is -0.457 e. The SMILES string of the molecule is C/C(C(=O)NCc1cnc(C)nc1N)=C(\CCO)SC(=O)c1ccc(C(C)(C)C)cc1Oc1ccccc1. The zero-order chi connectivity index (χ0) is 27.9. The number of amides is 1. The van der Waals surface area contributed by atoms with Crippen LogP contribution in [0.2, 0.25) is 0 Å². The maximum atomic E-state index is 13.5. The number of ether oxygens (including phenoxy) is 1. The summed E-state index contributed by atoms with van der Waals surface area (Å²) >= 11 is 0.914. The van der Waals surface area contributed by atoms with Crippen molar-refractivity contribution in [3.63, 3.8) is 0 Å². The molecule has 0 spiro atoms. The van der Waals surface area contributed by atoms with Crippen LogP contribution in [0.4, 0.5) is 5.82 Å². The standard InChI is InChI=1S/C29H34N4O4S/c1-18(27(35)32-17-20-16-31-19(2)33-26(20)30)25(13-14-34)38-28(36)23-12-11-21(29(3,4)5)15-24(23)37-22-9-7-6-8-10-22/h6-12,15-16,34H,13-14,17H2,1-5H3,(H,32,35)(H2,30,31,33)/b25-18-. The van der Waals surface area contributed by atoms with Gasteiger partial charge in [-0.05, 0) is 49.1 Å². The molecule has 1 heterocycles. The van der Waals surface area contributed by atoms with Gasteiger partial charge in [-0.2, -0.15) is 0 Å². The molecule has 4 N–H and O–H groups in total. The molecule has 0 fully saturated rings. The molecule has 0 bridgehead atoms. The average Bonchev–Trinajstić information content (AvgIpc) is 2.87. The molecule has 9 heteroatoms. The number of nitrogen functional groups attached to an aromatic ring is 1. The lowest BCUT2D eigenvalue weighted by molar-refractivity contribution is -0.117. The molecule has 2 aromatic carbocycles. The van der Waals surface area contributed by atoms with Crippen LogP contribution in [-0.2, 0) is 16.8 Å². The summed E-state index contributed by atoms with van der Waals surface area (Å²) in [7, 11) is 0. The van der Waals surface area contributed by atoms with Crippen LogP contribution in [0.3, 0.4) is 0 Å². The molecule has 0 saturated heterocycles. The first-order chi connectivity index (χ1) is 18.0. The van der Waals surface area contributed by atoms with E-state index in [1.54, 1.807) is 26.1 Å². The van der Waals surface area contributed by atoms with E-state index in [2.05, 4.69) is 36.1 Å². The lowest BCUT2D eigenvalue weighted by atomic mass is 9.86. The van der Waals surface area contributed by atoms with E-state index in [0.717, 1.165) is 17.3 Å². The second-order valence-electron chi connectivity index (χ2n) is 9.80. The van der Waals surface area contributed by atoms with Gasteiger partial charge in [0.15, 0.2) is 0 Å². The maximum absolute atomic E-state index is 13.5. The molecule has 38 heavy (non-hydrogen) atoms. The normalized spacial score (nSPS) is 12.1. The van der Waals surface area contributed by atoms with Crippen LogP contribution < -0.4 is 15.8 Å². The number of carbonyl (C=O) groups is 2. The Hall–Kier alpha value is -3.69. The number of nitrogens with zero attached hydrogens (tertiary/aromatic N) is 2. The summed E-state index contributed by atoms with van der Waals surface area (Å²) in [5, 5.41) is 12.2. The van der Waals surface area contributed by atoms with E-state index in [1.807, 2.05) is 42.5 Å². The van der Waals surface area contributed by atoms with Crippen molar-refractivity contribution in [3.05, 3.63) is 87.7 Å². The Balaban J connectivity index is 1.86. The van der Waals surface area contributed by atoms with Crippen LogP contribution in [0.1, 0.15) is 61.4 Å². The van der Waals surface area contributed by atoms with Crippen LogP contribution in [0.25, 0.3) is 0 Å². The fraction of sp³-hybridized carbons (Fsp3) is 0.310. The highest BCUT2D eigenvalue weighted by molar-refractivity contribution is 8.17. The Kier molecular flexibility index (Phi) is 9.66. The van der Waals surface area contributed by atoms with E-state index in [0.29, 0.717) is 44.7 Å². The Morgan fingerprint density at radius 1 is 1.13 bits per heavy atom. The molecule has 0 radical (unpaired) electrons. The van der Waals surface area contributed by atoms with Crippen molar-refractivity contribution in [1.29, 1.82) is 0 Å². The van der Waals surface area contributed by atoms with Crippen LogP contribution in [-0.4, -0.2) is 32.7 Å². The highest BCUT2D eigenvalue weighted by Gasteiger charge is 2.22. The number of thioether (sulfide) groups is 1. The van der Waals surface area contributed by atoms with Crippen LogP contribution >= 0.6 is 11.8 Å². The minimum atomic E-state index is -0.377. The van der Waals surface area contributed by atoms with Crippen LogP contribution in [0, 0.1) is 6.92 Å². The summed E-state index contributed by atoms with van der Waals surface area (Å²) in [4.78, 5) is 35.1. The van der Waals surface area contributed by atoms with E-state index in [4.69, 9.17) is 10.5 Å². The predicted molar refractivity (Wildman–Crippen MR) is 151 cm³/mol. The van der Waals surface area contributed by atoms with Crippen molar-refractivity contribution in [3.8, 4) is 11.5 Å². The van der Waals surface area contributed by atoms with E-state index in [9.17, 15) is 14.7 Å². The Bertz CT molecular complexity index is 1330. The first kappa shape index (κ1) is 28.9. The molecule has 1 amide bonds. The molecule has 0 unspecified atom stereocenters. The summed E-state index contributed by atoms with van der Waals surface area (Å²) in [6.45, 7) is 9.54. The largest absolute Gasteiger partial charge is 0.457 e. The Labute approximate surface area is 227 Å². The van der Waals surface area contributed by atoms with Gasteiger partial charge in [-0.3, -0.25) is 9.59 Å². The number of para-hydroxylation sites is 1. The molecule has 3 rings (SSSR count). The Morgan fingerprint density at radius 3 is 2.47 bits per heavy atom. The molecule has 3 aromatic rings. The first-order valence-corrected chi connectivity index (χ1v) is 13.1. The van der Waals surface area contributed by atoms with E-state index >= 15 is 0 Å². The number of aliphatic hydroxyl groups is 1. The number of aromatic nitrogens is 2. The van der Waals surface area contributed by atoms with Gasteiger partial charge in [0.05, 0.1) is 5.56 Å². The first-order valence-electron chi connectivity index (χ1n) is 12.3. The van der Waals surface area contributed by atoms with Gasteiger partial charge in [0.2, 0.25) is 11.0 Å². The summed E-state index contributed by atoms with van der Waals surface area (Å²) in [6, 6.07) is 14.8. The quantitative estimate of drug-likeness (QED) is 0.316. The number of hydrogen-bond donors (Lipinski definition) is 3. The van der Waals surface area contributed by atoms with Crippen molar-refractivity contribution in [2.45, 2.75) is 53.0 Å². The third-order valence-electron chi connectivity index (χ3n) is 5.81. The highest BCUT2D eigenvalue weighted by atomic mass is 32.2. The number of aryl methyl sites for hydroxylation is 1. The van der Waals surface area contributed by atoms with Crippen molar-refractivity contribution in [2.75, 3.05) is 12.3 Å². The zero-order valence-electron chi connectivity index (χ0n) is 22.4. The molecule has 200 valence electrons. The molecule has 0 atom stereocenters. The average molecular weight is 535 g/mol. The number of carbonyl (C=O) groups excluding carboxylic acids is 2. The van der Waals surface area contributed by atoms with Gasteiger partial charge >= 0.3 is 0 Å². The van der Waals surface area contributed by atoms with Crippen molar-refractivity contribution in [2.24, 2.45) is 0 Å². The number of hydrogen-bond acceptors (Lipinski definition) is 8. The van der Waals surface area contributed by atoms with Gasteiger partial charge in [-0.15, -0.1) is 0 Å². The fourth-order valence-corrected chi connectivity index (χ4v) is 4.47. The van der Waals surface area contributed by atoms with Gasteiger partial charge in [0.25, 0.3) is 0 Å². The number of nitrogens with one attached hydrogen (secondary N) is 1. The molecule has 0 aliphatic carbocycles. The summed E-state index contributed by atoms with van der Waals surface area (Å²) in [5.74, 6) is 1.50. The van der Waals surface area contributed by atoms with Gasteiger partial charge in [-0.1, -0.05) is 56.8 Å². The molecule has 0 aliphatic heterocycles. The third kappa shape index (κ3) is 7.66. The zero-order valence-corrected chi connectivity index (χ0v) is 23.2. The second kappa shape index (κ2) is 12.7. The lowest BCUT2D eigenvalue weighted by Crippen LogP contribution is -2.25. The molecular formula is C29H34N4O4S. The van der Waals surface area contributed by atoms with Gasteiger partial charge in [-0.25, -0.2) is 9.97 Å². The summed E-state index contributed by atoms with van der Waals surface area (Å²) in [5.41, 5.74) is 8.09. The molecular weight excluding hydrogens is 500 g/mol. The van der Waals surface area contributed by atoms with Crippen molar-refractivity contribution in [1.82, 2.24) is 15.3 Å². The number of aliphatic hydroxyl groups excluding tert-OH is 1. The molecule has 1 aromatic heterocycles. The topological polar surface area (TPSA) is 127 Å². The second-order valence-corrected chi connectivity index (χ2v) is 10.9. The fourth-order valence-electron chi connectivity index (χ4n) is 3.52. The van der Waals surface area contributed by atoms with Gasteiger partial charge in [0, 0.05) is 41.8 Å². The number of nitrogens with two attached hydrogens (primary N) is 1. The molecule has 8 nitrogen and oxygen atoms in total. The lowest BCUT2D eigenvalue weighted by Gasteiger charge is -2.21. The maximum Gasteiger partial charge on any atom is 0.247 e. The summed E-state index contributed by atoms with van der Waals surface area (Å²) in [6.07, 6.45) is 1.72. The van der Waals surface area contributed by atoms with E-state index in [-0.39, 0.29) is 36.0 Å². The van der Waals surface area contributed by atoms with Gasteiger partial charge < -0.3 is 20.9 Å². The highest BCUT2D eigenvalue weighted by Crippen LogP contribution is 2.36. The smallest absolute Gasteiger partial charge is 0.247 e. The Morgan fingerprint density at radius 2 is 1.84 bits per heavy atom. The van der Waals surface area contributed by atoms with Crippen LogP contribution in [0.15, 0.2) is 65.2 Å². The molecule has 0 aliphatic rings. The van der Waals surface area contributed by atoms with E-state index < -0.39 is 0 Å². The minimum absolute atomic E-state index is 0.136. The number of anilines is 1. The molecule has 0 saturated carbocycles. The monoisotopic (exact) mass is 534 g/mol. The predicted octanol–water partition coefficient (Wildman–Crippen LogP) is 5.30. The number of benzene rings is 2. The van der Waals surface area contributed by atoms with Crippen LogP contribution in [0.5, 0.6) is 11.5 Å². The van der Waals surface area contributed by atoms with Gasteiger partial charge in [0.1, 0.15) is 23.1 Å². The summed E-state index contributed by atoms with van der Waals surface area (Å²) < 4.78 is 6.12. The third-order valence-corrected chi connectivity index (χ3v) is 6.97. The number of rotatable bonds is 9.